The monoisotopic (exact) mass is 383 g/mol. The fourth-order valence-electron chi connectivity index (χ4n) is 4.85. The molecule has 1 amide bonds. The quantitative estimate of drug-likeness (QED) is 0.822. The number of amides is 1. The number of rotatable bonds is 6. The average molecular weight is 384 g/mol. The Morgan fingerprint density at radius 2 is 1.93 bits per heavy atom. The molecule has 0 atom stereocenters. The van der Waals surface area contributed by atoms with Crippen LogP contribution in [0.25, 0.3) is 10.9 Å². The maximum atomic E-state index is 12.6. The average Bonchev–Trinajstić information content (AvgIpc) is 3.36. The number of carbonyl (C=O) groups excluding carboxylic acids is 1. The van der Waals surface area contributed by atoms with Crippen LogP contribution in [0.4, 0.5) is 0 Å². The van der Waals surface area contributed by atoms with Gasteiger partial charge in [-0.15, -0.1) is 0 Å². The number of nitrogens with one attached hydrogen (secondary N) is 1. The number of aryl methyl sites for hydroxylation is 1. The molecule has 4 rings (SSSR count). The summed E-state index contributed by atoms with van der Waals surface area (Å²) in [5, 5.41) is 4.57. The van der Waals surface area contributed by atoms with E-state index in [0.29, 0.717) is 11.9 Å². The van der Waals surface area contributed by atoms with Gasteiger partial charge in [-0.25, -0.2) is 0 Å². The third kappa shape index (κ3) is 4.04. The van der Waals surface area contributed by atoms with E-state index in [0.717, 1.165) is 57.6 Å². The summed E-state index contributed by atoms with van der Waals surface area (Å²) in [5.41, 5.74) is 2.62. The normalized spacial score (nSPS) is 19.4. The Kier molecular flexibility index (Phi) is 5.90. The summed E-state index contributed by atoms with van der Waals surface area (Å²) in [5.74, 6) is 1.39. The highest BCUT2D eigenvalue weighted by Crippen LogP contribution is 2.29. The molecule has 0 unspecified atom stereocenters. The second-order valence-corrected chi connectivity index (χ2v) is 8.36. The van der Waals surface area contributed by atoms with Gasteiger partial charge in [0.25, 0.3) is 0 Å². The van der Waals surface area contributed by atoms with Crippen molar-refractivity contribution < 1.29 is 9.53 Å². The number of benzene rings is 1. The topological polar surface area (TPSA) is 46.5 Å². The molecule has 1 saturated heterocycles. The highest BCUT2D eigenvalue weighted by atomic mass is 16.5. The predicted octanol–water partition coefficient (Wildman–Crippen LogP) is 3.94. The van der Waals surface area contributed by atoms with Crippen molar-refractivity contribution in [3.05, 3.63) is 30.0 Å². The first kappa shape index (κ1) is 19.3. The van der Waals surface area contributed by atoms with E-state index in [9.17, 15) is 4.79 Å². The van der Waals surface area contributed by atoms with Gasteiger partial charge in [-0.3, -0.25) is 9.69 Å². The van der Waals surface area contributed by atoms with Gasteiger partial charge in [0.2, 0.25) is 5.91 Å². The molecular formula is C23H33N3O2. The molecule has 0 radical (unpaired) electrons. The van der Waals surface area contributed by atoms with Crippen LogP contribution in [0.5, 0.6) is 5.75 Å². The van der Waals surface area contributed by atoms with Crippen LogP contribution in [0, 0.1) is 5.92 Å². The summed E-state index contributed by atoms with van der Waals surface area (Å²) >= 11 is 0. The van der Waals surface area contributed by atoms with E-state index in [1.807, 2.05) is 6.07 Å². The van der Waals surface area contributed by atoms with E-state index < -0.39 is 0 Å². The predicted molar refractivity (Wildman–Crippen MR) is 113 cm³/mol. The molecule has 0 bridgehead atoms. The van der Waals surface area contributed by atoms with Gasteiger partial charge in [0.15, 0.2) is 0 Å². The summed E-state index contributed by atoms with van der Waals surface area (Å²) in [6.07, 6.45) is 9.07. The number of aromatic nitrogens is 1. The summed E-state index contributed by atoms with van der Waals surface area (Å²) < 4.78 is 7.75. The molecule has 1 aromatic heterocycles. The number of carbonyl (C=O) groups is 1. The maximum absolute atomic E-state index is 12.6. The number of nitrogens with zero attached hydrogens (tertiary/aromatic N) is 2. The zero-order valence-electron chi connectivity index (χ0n) is 17.2. The molecule has 1 aliphatic heterocycles. The van der Waals surface area contributed by atoms with Crippen molar-refractivity contribution in [1.82, 2.24) is 14.8 Å². The van der Waals surface area contributed by atoms with E-state index in [1.165, 1.54) is 29.3 Å². The minimum Gasteiger partial charge on any atom is -0.497 e. The fourth-order valence-corrected chi connectivity index (χ4v) is 4.85. The van der Waals surface area contributed by atoms with Gasteiger partial charge in [-0.05, 0) is 69.5 Å². The van der Waals surface area contributed by atoms with E-state index in [4.69, 9.17) is 4.74 Å². The SMILES string of the molecule is CCn1cc(CN2CCC(C(=O)NC3CCCC3)CC2)c2cc(OC)ccc21. The van der Waals surface area contributed by atoms with Crippen LogP contribution in [0.1, 0.15) is 51.0 Å². The first-order valence-electron chi connectivity index (χ1n) is 10.9. The highest BCUT2D eigenvalue weighted by molar-refractivity contribution is 5.85. The number of ether oxygens (including phenoxy) is 1. The number of methoxy groups -OCH3 is 1. The minimum absolute atomic E-state index is 0.189. The zero-order valence-corrected chi connectivity index (χ0v) is 17.2. The first-order valence-corrected chi connectivity index (χ1v) is 10.9. The van der Waals surface area contributed by atoms with Crippen LogP contribution in [0.3, 0.4) is 0 Å². The Hall–Kier alpha value is -2.01. The largest absolute Gasteiger partial charge is 0.497 e. The molecule has 152 valence electrons. The van der Waals surface area contributed by atoms with Gasteiger partial charge in [-0.2, -0.15) is 0 Å². The van der Waals surface area contributed by atoms with Crippen LogP contribution < -0.4 is 10.1 Å². The Morgan fingerprint density at radius 1 is 1.18 bits per heavy atom. The second kappa shape index (κ2) is 8.56. The number of likely N-dealkylation sites (tertiary alicyclic amines) is 1. The van der Waals surface area contributed by atoms with Crippen LogP contribution in [0.2, 0.25) is 0 Å². The van der Waals surface area contributed by atoms with E-state index >= 15 is 0 Å². The molecule has 5 heteroatoms. The molecular weight excluding hydrogens is 350 g/mol. The number of hydrogen-bond acceptors (Lipinski definition) is 3. The lowest BCUT2D eigenvalue weighted by Gasteiger charge is -2.31. The van der Waals surface area contributed by atoms with E-state index in [1.54, 1.807) is 7.11 Å². The second-order valence-electron chi connectivity index (χ2n) is 8.36. The van der Waals surface area contributed by atoms with Gasteiger partial charge < -0.3 is 14.6 Å². The van der Waals surface area contributed by atoms with Crippen molar-refractivity contribution in [1.29, 1.82) is 0 Å². The Bertz CT molecular complexity index is 815. The van der Waals surface area contributed by atoms with Crippen molar-refractivity contribution in [2.75, 3.05) is 20.2 Å². The smallest absolute Gasteiger partial charge is 0.223 e. The molecule has 5 nitrogen and oxygen atoms in total. The summed E-state index contributed by atoms with van der Waals surface area (Å²) in [4.78, 5) is 15.1. The molecule has 1 N–H and O–H groups in total. The lowest BCUT2D eigenvalue weighted by Crippen LogP contribution is -2.42. The first-order chi connectivity index (χ1) is 13.7. The number of hydrogen-bond donors (Lipinski definition) is 1. The van der Waals surface area contributed by atoms with Gasteiger partial charge in [0, 0.05) is 42.1 Å². The van der Waals surface area contributed by atoms with Crippen molar-refractivity contribution in [2.24, 2.45) is 5.92 Å². The van der Waals surface area contributed by atoms with Gasteiger partial charge in [-0.1, -0.05) is 12.8 Å². The minimum atomic E-state index is 0.189. The van der Waals surface area contributed by atoms with Crippen LogP contribution in [0.15, 0.2) is 24.4 Å². The lowest BCUT2D eigenvalue weighted by atomic mass is 9.95. The molecule has 28 heavy (non-hydrogen) atoms. The van der Waals surface area contributed by atoms with Gasteiger partial charge >= 0.3 is 0 Å². The number of piperidine rings is 1. The van der Waals surface area contributed by atoms with Crippen molar-refractivity contribution in [3.63, 3.8) is 0 Å². The Balaban J connectivity index is 1.38. The molecule has 1 aromatic carbocycles. The molecule has 1 saturated carbocycles. The highest BCUT2D eigenvalue weighted by Gasteiger charge is 2.27. The number of fused-ring (bicyclic) bond motifs is 1. The van der Waals surface area contributed by atoms with Crippen molar-refractivity contribution in [2.45, 2.75) is 64.6 Å². The summed E-state index contributed by atoms with van der Waals surface area (Å²) in [6.45, 7) is 6.07. The Labute approximate surface area is 168 Å². The molecule has 2 aliphatic rings. The van der Waals surface area contributed by atoms with Crippen molar-refractivity contribution in [3.8, 4) is 5.75 Å². The van der Waals surface area contributed by atoms with Gasteiger partial charge in [0.1, 0.15) is 5.75 Å². The molecule has 2 heterocycles. The summed E-state index contributed by atoms with van der Waals surface area (Å²) in [7, 11) is 1.72. The third-order valence-electron chi connectivity index (χ3n) is 6.57. The third-order valence-corrected chi connectivity index (χ3v) is 6.57. The van der Waals surface area contributed by atoms with Crippen LogP contribution >= 0.6 is 0 Å². The molecule has 2 aromatic rings. The Morgan fingerprint density at radius 3 is 2.61 bits per heavy atom. The molecule has 2 fully saturated rings. The molecule has 1 aliphatic carbocycles. The molecule has 0 spiro atoms. The van der Waals surface area contributed by atoms with E-state index in [-0.39, 0.29) is 5.92 Å². The van der Waals surface area contributed by atoms with Crippen molar-refractivity contribution >= 4 is 16.8 Å². The fraction of sp³-hybridized carbons (Fsp3) is 0.609. The van der Waals surface area contributed by atoms with Crippen LogP contribution in [-0.4, -0.2) is 41.6 Å². The lowest BCUT2D eigenvalue weighted by molar-refractivity contribution is -0.127. The summed E-state index contributed by atoms with van der Waals surface area (Å²) in [6, 6.07) is 6.77. The van der Waals surface area contributed by atoms with Gasteiger partial charge in [0.05, 0.1) is 7.11 Å². The maximum Gasteiger partial charge on any atom is 0.223 e. The standard InChI is InChI=1S/C23H33N3O2/c1-3-26-16-18(21-14-20(28-2)8-9-22(21)26)15-25-12-10-17(11-13-25)23(27)24-19-6-4-5-7-19/h8-9,14,16-17,19H,3-7,10-13,15H2,1-2H3,(H,24,27). The van der Waals surface area contributed by atoms with E-state index in [2.05, 4.69) is 40.0 Å². The van der Waals surface area contributed by atoms with Crippen LogP contribution in [-0.2, 0) is 17.9 Å². The zero-order chi connectivity index (χ0) is 19.5.